The van der Waals surface area contributed by atoms with Crippen molar-refractivity contribution < 1.29 is 19.0 Å². The first-order valence-electron chi connectivity index (χ1n) is 12.0. The summed E-state index contributed by atoms with van der Waals surface area (Å²) in [5.41, 5.74) is 4.57. The fourth-order valence-electron chi connectivity index (χ4n) is 5.62. The molecular weight excluding hydrogens is 404 g/mol. The molecule has 2 atom stereocenters. The molecule has 6 heteroatoms. The van der Waals surface area contributed by atoms with E-state index >= 15 is 0 Å². The normalized spacial score (nSPS) is 28.0. The smallest absolute Gasteiger partial charge is 0.407 e. The van der Waals surface area contributed by atoms with Crippen molar-refractivity contribution in [2.24, 2.45) is 5.92 Å². The zero-order valence-corrected chi connectivity index (χ0v) is 18.3. The van der Waals surface area contributed by atoms with Gasteiger partial charge < -0.3 is 19.5 Å². The molecule has 3 saturated heterocycles. The number of carbonyl (C=O) groups is 1. The van der Waals surface area contributed by atoms with Crippen molar-refractivity contribution >= 4 is 6.09 Å². The van der Waals surface area contributed by atoms with Crippen LogP contribution >= 0.6 is 0 Å². The van der Waals surface area contributed by atoms with Crippen LogP contribution in [0.25, 0.3) is 11.1 Å². The lowest BCUT2D eigenvalue weighted by atomic mass is 9.86. The average molecular weight is 435 g/mol. The van der Waals surface area contributed by atoms with E-state index in [4.69, 9.17) is 14.2 Å². The fraction of sp³-hybridized carbons (Fsp3) is 0.500. The molecule has 0 aromatic heterocycles. The maximum atomic E-state index is 12.7. The number of amides is 1. The van der Waals surface area contributed by atoms with Gasteiger partial charge >= 0.3 is 6.09 Å². The summed E-state index contributed by atoms with van der Waals surface area (Å²) in [6.07, 6.45) is 4.85. The molecule has 2 aromatic carbocycles. The van der Waals surface area contributed by atoms with Crippen molar-refractivity contribution in [1.29, 1.82) is 0 Å². The second-order valence-corrected chi connectivity index (χ2v) is 9.44. The fourth-order valence-corrected chi connectivity index (χ4v) is 5.62. The number of ether oxygens (including phenoxy) is 3. The van der Waals surface area contributed by atoms with Gasteiger partial charge in [0.05, 0.1) is 19.3 Å². The first-order valence-corrected chi connectivity index (χ1v) is 12.0. The number of benzene rings is 2. The molecule has 5 heterocycles. The standard InChI is InChI=1S/C26H30N2O4/c29-26(32-25-16-28-10-7-17(25)8-11-28)27-22-9-13-31-24-15-19(3-5-21(22)24)18-4-6-23-20(14-18)2-1-12-30-23/h3-6,14-15,17,22,25H,1-2,7-13,16H2,(H,27,29)/t22?,25-/m0/s1. The van der Waals surface area contributed by atoms with E-state index in [0.29, 0.717) is 12.5 Å². The number of hydrogen-bond donors (Lipinski definition) is 1. The van der Waals surface area contributed by atoms with Crippen LogP contribution in [0.3, 0.4) is 0 Å². The summed E-state index contributed by atoms with van der Waals surface area (Å²) in [6, 6.07) is 12.6. The first kappa shape index (κ1) is 19.9. The number of rotatable bonds is 3. The Balaban J connectivity index is 1.16. The largest absolute Gasteiger partial charge is 0.493 e. The SMILES string of the molecule is O=C(NC1CCOc2cc(-c3ccc4c(c3)CCCO4)ccc21)O[C@H]1CN2CCC1CC2. The van der Waals surface area contributed by atoms with Crippen LogP contribution in [0.2, 0.25) is 0 Å². The van der Waals surface area contributed by atoms with Crippen molar-refractivity contribution in [3.8, 4) is 22.6 Å². The Hall–Kier alpha value is -2.73. The van der Waals surface area contributed by atoms with Gasteiger partial charge in [0.25, 0.3) is 0 Å². The summed E-state index contributed by atoms with van der Waals surface area (Å²) in [7, 11) is 0. The number of carbonyl (C=O) groups excluding carboxylic acids is 1. The second kappa shape index (κ2) is 8.32. The molecule has 168 valence electrons. The van der Waals surface area contributed by atoms with Crippen molar-refractivity contribution in [3.63, 3.8) is 0 Å². The van der Waals surface area contributed by atoms with Gasteiger partial charge in [-0.3, -0.25) is 4.90 Å². The van der Waals surface area contributed by atoms with E-state index in [0.717, 1.165) is 86.5 Å². The van der Waals surface area contributed by atoms with Gasteiger partial charge in [0.2, 0.25) is 0 Å². The Kier molecular flexibility index (Phi) is 5.18. The van der Waals surface area contributed by atoms with Crippen molar-refractivity contribution in [2.45, 2.75) is 44.2 Å². The van der Waals surface area contributed by atoms with Crippen LogP contribution in [-0.2, 0) is 11.2 Å². The van der Waals surface area contributed by atoms with Crippen LogP contribution in [0.5, 0.6) is 11.5 Å². The third-order valence-corrected chi connectivity index (χ3v) is 7.44. The number of hydrogen-bond acceptors (Lipinski definition) is 5. The van der Waals surface area contributed by atoms with Gasteiger partial charge in [0, 0.05) is 18.5 Å². The Bertz CT molecular complexity index is 1010. The predicted octanol–water partition coefficient (Wildman–Crippen LogP) is 4.32. The number of alkyl carbamates (subject to hydrolysis) is 1. The molecule has 0 saturated carbocycles. The van der Waals surface area contributed by atoms with E-state index in [1.165, 1.54) is 5.56 Å². The molecule has 32 heavy (non-hydrogen) atoms. The summed E-state index contributed by atoms with van der Waals surface area (Å²) in [5, 5.41) is 3.11. The quantitative estimate of drug-likeness (QED) is 0.780. The maximum absolute atomic E-state index is 12.7. The van der Waals surface area contributed by atoms with Crippen LogP contribution in [0, 0.1) is 5.92 Å². The first-order chi connectivity index (χ1) is 15.7. The third kappa shape index (κ3) is 3.81. The molecular formula is C26H30N2O4. The van der Waals surface area contributed by atoms with Crippen LogP contribution in [0.1, 0.15) is 42.9 Å². The minimum Gasteiger partial charge on any atom is -0.493 e. The van der Waals surface area contributed by atoms with E-state index in [2.05, 4.69) is 46.6 Å². The minimum atomic E-state index is -0.305. The van der Waals surface area contributed by atoms with Crippen molar-refractivity contribution in [1.82, 2.24) is 10.2 Å². The van der Waals surface area contributed by atoms with Gasteiger partial charge in [-0.05, 0) is 79.6 Å². The van der Waals surface area contributed by atoms with Gasteiger partial charge in [0.15, 0.2) is 0 Å². The predicted molar refractivity (Wildman–Crippen MR) is 121 cm³/mol. The molecule has 1 unspecified atom stereocenters. The van der Waals surface area contributed by atoms with E-state index in [1.54, 1.807) is 0 Å². The summed E-state index contributed by atoms with van der Waals surface area (Å²) in [6.45, 7) is 4.53. The molecule has 5 aliphatic heterocycles. The van der Waals surface area contributed by atoms with Crippen LogP contribution in [0.4, 0.5) is 4.79 Å². The number of nitrogens with zero attached hydrogens (tertiary/aromatic N) is 1. The highest BCUT2D eigenvalue weighted by Crippen LogP contribution is 2.37. The van der Waals surface area contributed by atoms with Crippen molar-refractivity contribution in [2.75, 3.05) is 32.8 Å². The maximum Gasteiger partial charge on any atom is 0.407 e. The Morgan fingerprint density at radius 2 is 1.78 bits per heavy atom. The number of aryl methyl sites for hydroxylation is 1. The molecule has 7 rings (SSSR count). The Labute approximate surface area is 188 Å². The zero-order chi connectivity index (χ0) is 21.5. The lowest BCUT2D eigenvalue weighted by Gasteiger charge is -2.44. The van der Waals surface area contributed by atoms with Crippen molar-refractivity contribution in [3.05, 3.63) is 47.5 Å². The number of piperidine rings is 3. The Morgan fingerprint density at radius 3 is 2.62 bits per heavy atom. The summed E-state index contributed by atoms with van der Waals surface area (Å²) < 4.78 is 17.6. The molecule has 1 amide bonds. The average Bonchev–Trinajstić information content (AvgIpc) is 2.84. The van der Waals surface area contributed by atoms with Crippen LogP contribution in [0.15, 0.2) is 36.4 Å². The van der Waals surface area contributed by atoms with Gasteiger partial charge in [-0.2, -0.15) is 0 Å². The number of fused-ring (bicyclic) bond motifs is 5. The third-order valence-electron chi connectivity index (χ3n) is 7.44. The van der Waals surface area contributed by atoms with Crippen LogP contribution < -0.4 is 14.8 Å². The summed E-state index contributed by atoms with van der Waals surface area (Å²) in [5.74, 6) is 2.35. The zero-order valence-electron chi connectivity index (χ0n) is 18.3. The molecule has 5 aliphatic rings. The van der Waals surface area contributed by atoms with Crippen LogP contribution in [-0.4, -0.2) is 49.9 Å². The topological polar surface area (TPSA) is 60.0 Å². The van der Waals surface area contributed by atoms with Gasteiger partial charge in [-0.25, -0.2) is 4.79 Å². The molecule has 1 N–H and O–H groups in total. The molecule has 0 radical (unpaired) electrons. The highest BCUT2D eigenvalue weighted by Gasteiger charge is 2.37. The van der Waals surface area contributed by atoms with Gasteiger partial charge in [-0.1, -0.05) is 18.2 Å². The lowest BCUT2D eigenvalue weighted by Crippen LogP contribution is -2.52. The van der Waals surface area contributed by atoms with Gasteiger partial charge in [0.1, 0.15) is 17.6 Å². The highest BCUT2D eigenvalue weighted by atomic mass is 16.6. The summed E-state index contributed by atoms with van der Waals surface area (Å²) in [4.78, 5) is 15.1. The Morgan fingerprint density at radius 1 is 0.969 bits per heavy atom. The molecule has 2 aromatic rings. The highest BCUT2D eigenvalue weighted by molar-refractivity contribution is 5.71. The molecule has 0 spiro atoms. The van der Waals surface area contributed by atoms with Gasteiger partial charge in [-0.15, -0.1) is 0 Å². The van der Waals surface area contributed by atoms with E-state index in [1.807, 2.05) is 0 Å². The van der Waals surface area contributed by atoms with E-state index in [9.17, 15) is 4.79 Å². The number of nitrogens with one attached hydrogen (secondary N) is 1. The van der Waals surface area contributed by atoms with E-state index < -0.39 is 0 Å². The molecule has 3 fully saturated rings. The van der Waals surface area contributed by atoms with E-state index in [-0.39, 0.29) is 18.2 Å². The molecule has 0 aliphatic carbocycles. The lowest BCUT2D eigenvalue weighted by molar-refractivity contribution is -0.0342. The molecule has 2 bridgehead atoms. The monoisotopic (exact) mass is 434 g/mol. The second-order valence-electron chi connectivity index (χ2n) is 9.44. The summed E-state index contributed by atoms with van der Waals surface area (Å²) >= 11 is 0. The minimum absolute atomic E-state index is 0.0205. The molecule has 6 nitrogen and oxygen atoms in total.